The van der Waals surface area contributed by atoms with Gasteiger partial charge in [-0.3, -0.25) is 4.79 Å². The van der Waals surface area contributed by atoms with Crippen LogP contribution in [0.2, 0.25) is 0 Å². The van der Waals surface area contributed by atoms with Gasteiger partial charge in [0.15, 0.2) is 0 Å². The number of nitrogens with one attached hydrogen (secondary N) is 1. The molecule has 0 saturated carbocycles. The number of rotatable bonds is 9. The van der Waals surface area contributed by atoms with Crippen molar-refractivity contribution in [3.63, 3.8) is 0 Å². The molecule has 0 spiro atoms. The first-order chi connectivity index (χ1) is 13.6. The number of anilines is 1. The van der Waals surface area contributed by atoms with Crippen molar-refractivity contribution >= 4 is 11.7 Å². The summed E-state index contributed by atoms with van der Waals surface area (Å²) in [6.45, 7) is 6.92. The lowest BCUT2D eigenvalue weighted by molar-refractivity contribution is -0.116. The van der Waals surface area contributed by atoms with Gasteiger partial charge in [-0.05, 0) is 32.3 Å². The van der Waals surface area contributed by atoms with Crippen molar-refractivity contribution in [1.82, 2.24) is 19.9 Å². The van der Waals surface area contributed by atoms with Gasteiger partial charge >= 0.3 is 0 Å². The summed E-state index contributed by atoms with van der Waals surface area (Å²) in [5.41, 5.74) is 3.04. The lowest BCUT2D eigenvalue weighted by Crippen LogP contribution is -2.16. The summed E-state index contributed by atoms with van der Waals surface area (Å²) in [6.07, 6.45) is 5.51. The predicted octanol–water partition coefficient (Wildman–Crippen LogP) is 4.31. The first kappa shape index (κ1) is 19.8. The molecule has 3 aromatic rings. The van der Waals surface area contributed by atoms with Crippen LogP contribution in [-0.4, -0.2) is 25.8 Å². The third-order valence-corrected chi connectivity index (χ3v) is 4.65. The largest absolute Gasteiger partial charge is 0.339 e. The lowest BCUT2D eigenvalue weighted by Gasteiger charge is -2.09. The number of aryl methyl sites for hydroxylation is 4. The fraction of sp³-hybridized carbons (Fsp3) is 0.429. The summed E-state index contributed by atoms with van der Waals surface area (Å²) in [5, 5.41) is 11.4. The van der Waals surface area contributed by atoms with Crippen molar-refractivity contribution in [2.45, 2.75) is 59.4 Å². The van der Waals surface area contributed by atoms with E-state index in [2.05, 4.69) is 27.5 Å². The van der Waals surface area contributed by atoms with Gasteiger partial charge in [-0.25, -0.2) is 4.68 Å². The number of nitrogens with zero attached hydrogens (tertiary/aromatic N) is 4. The van der Waals surface area contributed by atoms with Crippen LogP contribution in [-0.2, 0) is 17.8 Å². The molecule has 0 aliphatic carbocycles. The summed E-state index contributed by atoms with van der Waals surface area (Å²) in [7, 11) is 0. The Hall–Kier alpha value is -2.96. The highest BCUT2D eigenvalue weighted by Crippen LogP contribution is 2.20. The highest BCUT2D eigenvalue weighted by Gasteiger charge is 2.13. The Morgan fingerprint density at radius 1 is 1.18 bits per heavy atom. The molecule has 2 aromatic heterocycles. The summed E-state index contributed by atoms with van der Waals surface area (Å²) in [5.74, 6) is 1.90. The number of carbonyl (C=O) groups is 1. The molecule has 28 heavy (non-hydrogen) atoms. The molecule has 0 atom stereocenters. The lowest BCUT2D eigenvalue weighted by atomic mass is 10.1. The second-order valence-electron chi connectivity index (χ2n) is 6.98. The van der Waals surface area contributed by atoms with E-state index in [4.69, 9.17) is 4.52 Å². The standard InChI is InChI=1S/C21H27N5O2/c1-4-5-13-26-21(16(3)14-22-26)23-18(27)11-8-12-19-24-20(25-28-19)17-10-7-6-9-15(17)2/h6-7,9-10,14H,4-5,8,11-13H2,1-3H3,(H,23,27). The van der Waals surface area contributed by atoms with E-state index in [9.17, 15) is 4.79 Å². The van der Waals surface area contributed by atoms with E-state index >= 15 is 0 Å². The van der Waals surface area contributed by atoms with Crippen LogP contribution in [0.15, 0.2) is 35.0 Å². The van der Waals surface area contributed by atoms with Crippen molar-refractivity contribution in [2.24, 2.45) is 0 Å². The van der Waals surface area contributed by atoms with Crippen molar-refractivity contribution in [1.29, 1.82) is 0 Å². The first-order valence-electron chi connectivity index (χ1n) is 9.79. The number of aromatic nitrogens is 4. The number of hydrogen-bond donors (Lipinski definition) is 1. The molecule has 1 N–H and O–H groups in total. The Bertz CT molecular complexity index is 929. The zero-order chi connectivity index (χ0) is 19.9. The van der Waals surface area contributed by atoms with Gasteiger partial charge in [-0.2, -0.15) is 10.1 Å². The van der Waals surface area contributed by atoms with E-state index in [0.29, 0.717) is 31.0 Å². The number of unbranched alkanes of at least 4 members (excludes halogenated alkanes) is 1. The van der Waals surface area contributed by atoms with Crippen molar-refractivity contribution in [3.8, 4) is 11.4 Å². The Morgan fingerprint density at radius 3 is 2.79 bits per heavy atom. The highest BCUT2D eigenvalue weighted by molar-refractivity contribution is 5.90. The smallest absolute Gasteiger partial charge is 0.226 e. The van der Waals surface area contributed by atoms with E-state index in [0.717, 1.165) is 41.9 Å². The van der Waals surface area contributed by atoms with E-state index in [1.807, 2.05) is 42.8 Å². The molecule has 0 fully saturated rings. The fourth-order valence-electron chi connectivity index (χ4n) is 3.00. The molecule has 2 heterocycles. The minimum atomic E-state index is -0.0278. The second kappa shape index (κ2) is 9.30. The molecule has 0 radical (unpaired) electrons. The SMILES string of the molecule is CCCCn1ncc(C)c1NC(=O)CCCc1nc(-c2ccccc2C)no1. The molecule has 3 rings (SSSR count). The van der Waals surface area contributed by atoms with Gasteiger partial charge in [0.25, 0.3) is 0 Å². The predicted molar refractivity (Wildman–Crippen MR) is 108 cm³/mol. The zero-order valence-corrected chi connectivity index (χ0v) is 16.7. The minimum absolute atomic E-state index is 0.0278. The van der Waals surface area contributed by atoms with Crippen LogP contribution >= 0.6 is 0 Å². The fourth-order valence-corrected chi connectivity index (χ4v) is 3.00. The number of hydrogen-bond acceptors (Lipinski definition) is 5. The zero-order valence-electron chi connectivity index (χ0n) is 16.7. The van der Waals surface area contributed by atoms with Gasteiger partial charge in [0.2, 0.25) is 17.6 Å². The van der Waals surface area contributed by atoms with Crippen molar-refractivity contribution in [2.75, 3.05) is 5.32 Å². The molecular weight excluding hydrogens is 354 g/mol. The van der Waals surface area contributed by atoms with Crippen LogP contribution in [0.3, 0.4) is 0 Å². The highest BCUT2D eigenvalue weighted by atomic mass is 16.5. The molecule has 0 saturated heterocycles. The molecule has 1 aromatic carbocycles. The maximum atomic E-state index is 12.3. The Balaban J connectivity index is 1.51. The number of amides is 1. The average Bonchev–Trinajstić information content (AvgIpc) is 3.28. The van der Waals surface area contributed by atoms with Gasteiger partial charge in [0.05, 0.1) is 6.20 Å². The van der Waals surface area contributed by atoms with Gasteiger partial charge in [0, 0.05) is 30.5 Å². The van der Waals surface area contributed by atoms with E-state index in [1.165, 1.54) is 0 Å². The molecular formula is C21H27N5O2. The minimum Gasteiger partial charge on any atom is -0.339 e. The van der Waals surface area contributed by atoms with Gasteiger partial charge < -0.3 is 9.84 Å². The van der Waals surface area contributed by atoms with E-state index < -0.39 is 0 Å². The van der Waals surface area contributed by atoms with Crippen LogP contribution < -0.4 is 5.32 Å². The second-order valence-corrected chi connectivity index (χ2v) is 6.98. The molecule has 1 amide bonds. The summed E-state index contributed by atoms with van der Waals surface area (Å²) >= 11 is 0. The third-order valence-electron chi connectivity index (χ3n) is 4.65. The summed E-state index contributed by atoms with van der Waals surface area (Å²) < 4.78 is 7.20. The van der Waals surface area contributed by atoms with Crippen LogP contribution in [0.4, 0.5) is 5.82 Å². The molecule has 0 aliphatic heterocycles. The maximum absolute atomic E-state index is 12.3. The molecule has 0 bridgehead atoms. The summed E-state index contributed by atoms with van der Waals surface area (Å²) in [6, 6.07) is 7.93. The van der Waals surface area contributed by atoms with Crippen molar-refractivity contribution < 1.29 is 9.32 Å². The Kier molecular flexibility index (Phi) is 6.57. The van der Waals surface area contributed by atoms with Crippen LogP contribution in [0, 0.1) is 13.8 Å². The third kappa shape index (κ3) is 4.85. The van der Waals surface area contributed by atoms with E-state index in [-0.39, 0.29) is 5.91 Å². The molecule has 0 aliphatic rings. The van der Waals surface area contributed by atoms with Gasteiger partial charge in [-0.1, -0.05) is 42.8 Å². The summed E-state index contributed by atoms with van der Waals surface area (Å²) in [4.78, 5) is 16.8. The number of benzene rings is 1. The van der Waals surface area contributed by atoms with Crippen molar-refractivity contribution in [3.05, 3.63) is 47.5 Å². The molecule has 7 heteroatoms. The Labute approximate surface area is 165 Å². The maximum Gasteiger partial charge on any atom is 0.226 e. The molecule has 0 unspecified atom stereocenters. The quantitative estimate of drug-likeness (QED) is 0.597. The monoisotopic (exact) mass is 381 g/mol. The molecule has 148 valence electrons. The van der Waals surface area contributed by atoms with Crippen LogP contribution in [0.5, 0.6) is 0 Å². The average molecular weight is 381 g/mol. The normalized spacial score (nSPS) is 11.0. The molecule has 7 nitrogen and oxygen atoms in total. The number of carbonyl (C=O) groups excluding carboxylic acids is 1. The van der Waals surface area contributed by atoms with E-state index in [1.54, 1.807) is 6.20 Å². The van der Waals surface area contributed by atoms with Crippen LogP contribution in [0.1, 0.15) is 49.6 Å². The van der Waals surface area contributed by atoms with Crippen LogP contribution in [0.25, 0.3) is 11.4 Å². The first-order valence-corrected chi connectivity index (χ1v) is 9.79. The Morgan fingerprint density at radius 2 is 2.00 bits per heavy atom. The topological polar surface area (TPSA) is 85.8 Å². The van der Waals surface area contributed by atoms with Gasteiger partial charge in [-0.15, -0.1) is 0 Å². The van der Waals surface area contributed by atoms with Gasteiger partial charge in [0.1, 0.15) is 5.82 Å².